The van der Waals surface area contributed by atoms with Gasteiger partial charge in [-0.2, -0.15) is 10.2 Å². The molecule has 0 aliphatic heterocycles. The molecule has 0 aliphatic rings. The van der Waals surface area contributed by atoms with Crippen LogP contribution in [0, 0.1) is 18.6 Å². The fourth-order valence-corrected chi connectivity index (χ4v) is 2.39. The highest BCUT2D eigenvalue weighted by Crippen LogP contribution is 2.23. The van der Waals surface area contributed by atoms with Gasteiger partial charge in [0.1, 0.15) is 11.6 Å². The van der Waals surface area contributed by atoms with Gasteiger partial charge in [0, 0.05) is 12.1 Å². The van der Waals surface area contributed by atoms with Crippen molar-refractivity contribution in [3.8, 4) is 0 Å². The molecule has 0 radical (unpaired) electrons. The van der Waals surface area contributed by atoms with Crippen molar-refractivity contribution >= 4 is 0 Å². The molecule has 1 unspecified atom stereocenters. The first-order valence-electron chi connectivity index (χ1n) is 6.99. The molecule has 5 heteroatoms. The van der Waals surface area contributed by atoms with E-state index >= 15 is 0 Å². The van der Waals surface area contributed by atoms with Gasteiger partial charge in [-0.1, -0.05) is 13.0 Å². The molecule has 1 heterocycles. The Bertz CT molecular complexity index is 629. The van der Waals surface area contributed by atoms with Crippen LogP contribution in [-0.4, -0.2) is 17.2 Å². The Hall–Kier alpha value is -1.88. The van der Waals surface area contributed by atoms with Crippen LogP contribution in [0.15, 0.2) is 24.3 Å². The normalized spacial score (nSPS) is 12.4. The van der Waals surface area contributed by atoms with Crippen LogP contribution in [0.4, 0.5) is 8.78 Å². The molecule has 1 N–H and O–H groups in total. The Kier molecular flexibility index (Phi) is 4.96. The van der Waals surface area contributed by atoms with E-state index in [1.54, 1.807) is 0 Å². The maximum Gasteiger partial charge on any atom is 0.129 e. The largest absolute Gasteiger partial charge is 0.313 e. The Morgan fingerprint density at radius 1 is 1.19 bits per heavy atom. The summed E-state index contributed by atoms with van der Waals surface area (Å²) in [6, 6.07) is 5.56. The highest BCUT2D eigenvalue weighted by atomic mass is 19.1. The van der Waals surface area contributed by atoms with Crippen LogP contribution in [0.25, 0.3) is 0 Å². The lowest BCUT2D eigenvalue weighted by Crippen LogP contribution is -2.22. The van der Waals surface area contributed by atoms with E-state index in [0.717, 1.165) is 29.4 Å². The summed E-state index contributed by atoms with van der Waals surface area (Å²) in [7, 11) is 1.82. The molecule has 1 aromatic heterocycles. The lowest BCUT2D eigenvalue weighted by atomic mass is 9.96. The van der Waals surface area contributed by atoms with Crippen LogP contribution in [0.1, 0.15) is 35.5 Å². The zero-order valence-corrected chi connectivity index (χ0v) is 12.5. The third-order valence-corrected chi connectivity index (χ3v) is 3.52. The van der Waals surface area contributed by atoms with Gasteiger partial charge in [-0.3, -0.25) is 0 Å². The molecule has 3 nitrogen and oxygen atoms in total. The van der Waals surface area contributed by atoms with Crippen LogP contribution in [0.2, 0.25) is 0 Å². The number of rotatable bonds is 5. The first kappa shape index (κ1) is 15.5. The van der Waals surface area contributed by atoms with Gasteiger partial charge in [-0.25, -0.2) is 8.78 Å². The van der Waals surface area contributed by atoms with Gasteiger partial charge in [0.25, 0.3) is 0 Å². The van der Waals surface area contributed by atoms with Crippen molar-refractivity contribution in [1.82, 2.24) is 15.5 Å². The van der Waals surface area contributed by atoms with Gasteiger partial charge in [0.05, 0.1) is 11.4 Å². The van der Waals surface area contributed by atoms with Crippen molar-refractivity contribution in [1.29, 1.82) is 0 Å². The molecule has 1 atom stereocenters. The lowest BCUT2D eigenvalue weighted by Gasteiger charge is -2.19. The number of aryl methyl sites for hydroxylation is 2. The van der Waals surface area contributed by atoms with E-state index in [4.69, 9.17) is 0 Å². The summed E-state index contributed by atoms with van der Waals surface area (Å²) in [5, 5.41) is 11.4. The molecule has 0 spiro atoms. The first-order chi connectivity index (χ1) is 10.0. The Morgan fingerprint density at radius 2 is 1.95 bits per heavy atom. The molecular formula is C16H19F2N3. The molecule has 0 saturated carbocycles. The number of halogens is 2. The second-order valence-corrected chi connectivity index (χ2v) is 5.02. The van der Waals surface area contributed by atoms with E-state index in [9.17, 15) is 8.78 Å². The minimum Gasteiger partial charge on any atom is -0.313 e. The van der Waals surface area contributed by atoms with Crippen LogP contribution >= 0.6 is 0 Å². The standard InChI is InChI=1S/C16H19F2N3/c1-4-15-13(7-10(2)20-21-15)16(19-3)8-11-5-6-12(17)9-14(11)18/h5-7,9,16,19H,4,8H2,1-3H3. The van der Waals surface area contributed by atoms with Gasteiger partial charge < -0.3 is 5.32 Å². The topological polar surface area (TPSA) is 37.8 Å². The van der Waals surface area contributed by atoms with Crippen LogP contribution < -0.4 is 5.32 Å². The van der Waals surface area contributed by atoms with Gasteiger partial charge in [0.2, 0.25) is 0 Å². The lowest BCUT2D eigenvalue weighted by molar-refractivity contribution is 0.536. The fourth-order valence-electron chi connectivity index (χ4n) is 2.39. The molecule has 0 aliphatic carbocycles. The quantitative estimate of drug-likeness (QED) is 0.919. The van der Waals surface area contributed by atoms with E-state index < -0.39 is 11.6 Å². The zero-order chi connectivity index (χ0) is 15.4. The van der Waals surface area contributed by atoms with Crippen molar-refractivity contribution in [2.75, 3.05) is 7.05 Å². The van der Waals surface area contributed by atoms with Crippen LogP contribution in [0.5, 0.6) is 0 Å². The predicted molar refractivity (Wildman–Crippen MR) is 78.0 cm³/mol. The summed E-state index contributed by atoms with van der Waals surface area (Å²) in [4.78, 5) is 0. The summed E-state index contributed by atoms with van der Waals surface area (Å²) in [6.07, 6.45) is 1.19. The first-order valence-corrected chi connectivity index (χ1v) is 6.99. The molecular weight excluding hydrogens is 272 g/mol. The average molecular weight is 291 g/mol. The van der Waals surface area contributed by atoms with Crippen molar-refractivity contribution in [2.45, 2.75) is 32.7 Å². The maximum absolute atomic E-state index is 13.8. The molecule has 2 rings (SSSR count). The van der Waals surface area contributed by atoms with Gasteiger partial charge in [-0.05, 0) is 50.1 Å². The van der Waals surface area contributed by atoms with Crippen molar-refractivity contribution in [3.05, 3.63) is 58.4 Å². The minimum absolute atomic E-state index is 0.0888. The van der Waals surface area contributed by atoms with Crippen molar-refractivity contribution in [2.24, 2.45) is 0 Å². The Morgan fingerprint density at radius 3 is 2.57 bits per heavy atom. The molecule has 0 amide bonds. The number of likely N-dealkylation sites (N-methyl/N-ethyl adjacent to an activating group) is 1. The number of hydrogen-bond donors (Lipinski definition) is 1. The zero-order valence-electron chi connectivity index (χ0n) is 12.5. The Balaban J connectivity index is 2.34. The summed E-state index contributed by atoms with van der Waals surface area (Å²) in [6.45, 7) is 3.88. The number of benzene rings is 1. The predicted octanol–water partition coefficient (Wildman–Crippen LogP) is 3.13. The summed E-state index contributed by atoms with van der Waals surface area (Å²) in [5.74, 6) is -1.08. The van der Waals surface area contributed by atoms with Crippen LogP contribution in [0.3, 0.4) is 0 Å². The molecule has 0 bridgehead atoms. The average Bonchev–Trinajstić information content (AvgIpc) is 2.46. The molecule has 0 fully saturated rings. The number of aromatic nitrogens is 2. The second-order valence-electron chi connectivity index (χ2n) is 5.02. The summed E-state index contributed by atoms with van der Waals surface area (Å²) < 4.78 is 26.8. The van der Waals surface area contributed by atoms with Crippen LogP contribution in [-0.2, 0) is 12.8 Å². The number of nitrogens with one attached hydrogen (secondary N) is 1. The monoisotopic (exact) mass is 291 g/mol. The van der Waals surface area contributed by atoms with E-state index in [-0.39, 0.29) is 6.04 Å². The number of hydrogen-bond acceptors (Lipinski definition) is 3. The van der Waals surface area contributed by atoms with E-state index in [0.29, 0.717) is 12.0 Å². The smallest absolute Gasteiger partial charge is 0.129 e. The summed E-state index contributed by atoms with van der Waals surface area (Å²) in [5.41, 5.74) is 3.20. The highest BCUT2D eigenvalue weighted by molar-refractivity contribution is 5.28. The van der Waals surface area contributed by atoms with Crippen molar-refractivity contribution in [3.63, 3.8) is 0 Å². The van der Waals surface area contributed by atoms with Gasteiger partial charge in [-0.15, -0.1) is 0 Å². The molecule has 21 heavy (non-hydrogen) atoms. The second kappa shape index (κ2) is 6.72. The van der Waals surface area contributed by atoms with E-state index in [1.807, 2.05) is 27.0 Å². The van der Waals surface area contributed by atoms with Gasteiger partial charge >= 0.3 is 0 Å². The maximum atomic E-state index is 13.8. The van der Waals surface area contributed by atoms with Crippen molar-refractivity contribution < 1.29 is 8.78 Å². The van der Waals surface area contributed by atoms with Gasteiger partial charge in [0.15, 0.2) is 0 Å². The fraction of sp³-hybridized carbons (Fsp3) is 0.375. The number of nitrogens with zero attached hydrogens (tertiary/aromatic N) is 2. The summed E-state index contributed by atoms with van der Waals surface area (Å²) >= 11 is 0. The highest BCUT2D eigenvalue weighted by Gasteiger charge is 2.17. The minimum atomic E-state index is -0.562. The molecule has 2 aromatic rings. The molecule has 112 valence electrons. The SMILES string of the molecule is CCc1nnc(C)cc1C(Cc1ccc(F)cc1F)NC. The Labute approximate surface area is 123 Å². The molecule has 1 aromatic carbocycles. The third kappa shape index (κ3) is 3.61. The molecule has 0 saturated heterocycles. The third-order valence-electron chi connectivity index (χ3n) is 3.52. The van der Waals surface area contributed by atoms with E-state index in [2.05, 4.69) is 15.5 Å². The van der Waals surface area contributed by atoms with E-state index in [1.165, 1.54) is 12.1 Å².